The van der Waals surface area contributed by atoms with E-state index in [2.05, 4.69) is 78.2 Å². The molecule has 4 heteroatoms. The average molecular weight is 488 g/mol. The molecule has 0 saturated carbocycles. The zero-order chi connectivity index (χ0) is 25.7. The van der Waals surface area contributed by atoms with Crippen molar-refractivity contribution < 1.29 is 14.4 Å². The van der Waals surface area contributed by atoms with E-state index in [4.69, 9.17) is 4.74 Å². The number of fused-ring (bicyclic) bond motifs is 2. The smallest absolute Gasteiger partial charge is 0.209 e. The monoisotopic (exact) mass is 487 g/mol. The van der Waals surface area contributed by atoms with Crippen LogP contribution in [0.25, 0.3) is 16.5 Å². The van der Waals surface area contributed by atoms with Crippen molar-refractivity contribution in [3.05, 3.63) is 126 Å². The fourth-order valence-corrected chi connectivity index (χ4v) is 5.73. The number of hydrogen-bond acceptors (Lipinski definition) is 2. The van der Waals surface area contributed by atoms with Gasteiger partial charge in [0.15, 0.2) is 12.3 Å². The van der Waals surface area contributed by atoms with Crippen molar-refractivity contribution in [2.45, 2.75) is 19.3 Å². The summed E-state index contributed by atoms with van der Waals surface area (Å²) >= 11 is 0. The zero-order valence-corrected chi connectivity index (χ0v) is 21.5. The van der Waals surface area contributed by atoms with Gasteiger partial charge in [0.05, 0.1) is 5.41 Å². The highest BCUT2D eigenvalue weighted by Gasteiger charge is 2.45. The summed E-state index contributed by atoms with van der Waals surface area (Å²) in [6.07, 6.45) is 4.20. The molecule has 4 aromatic rings. The van der Waals surface area contributed by atoms with Crippen LogP contribution in [-0.2, 0) is 12.5 Å². The molecule has 0 atom stereocenters. The SMILES string of the molecule is C=C1C(c2cn(C)c3ccccc23)=C(O)/C1=C\C1=[N+](CCOc2ccccc2)c2ccccc2C1(C)C. The molecule has 37 heavy (non-hydrogen) atoms. The predicted octanol–water partition coefficient (Wildman–Crippen LogP) is 7.10. The number of aliphatic hydroxyl groups is 1. The molecule has 0 bridgehead atoms. The van der Waals surface area contributed by atoms with Gasteiger partial charge in [-0.1, -0.05) is 61.2 Å². The lowest BCUT2D eigenvalue weighted by atomic mass is 9.76. The normalized spacial score (nSPS) is 17.5. The van der Waals surface area contributed by atoms with Gasteiger partial charge in [-0.05, 0) is 37.6 Å². The maximum Gasteiger partial charge on any atom is 0.209 e. The first-order valence-electron chi connectivity index (χ1n) is 12.7. The van der Waals surface area contributed by atoms with Crippen LogP contribution in [0.2, 0.25) is 0 Å². The minimum absolute atomic E-state index is 0.230. The summed E-state index contributed by atoms with van der Waals surface area (Å²) in [5, 5.41) is 12.4. The summed E-state index contributed by atoms with van der Waals surface area (Å²) in [5.41, 5.74) is 8.00. The Morgan fingerprint density at radius 3 is 2.46 bits per heavy atom. The quantitative estimate of drug-likeness (QED) is 0.295. The maximum absolute atomic E-state index is 11.3. The Morgan fingerprint density at radius 1 is 0.973 bits per heavy atom. The Morgan fingerprint density at radius 2 is 1.68 bits per heavy atom. The lowest BCUT2D eigenvalue weighted by Gasteiger charge is -2.26. The topological polar surface area (TPSA) is 37.4 Å². The van der Waals surface area contributed by atoms with Crippen LogP contribution in [0.5, 0.6) is 5.75 Å². The number of aromatic nitrogens is 1. The largest absolute Gasteiger partial charge is 0.507 e. The molecule has 2 aliphatic rings. The minimum atomic E-state index is -0.230. The number of allylic oxidation sites excluding steroid dienone is 3. The predicted molar refractivity (Wildman–Crippen MR) is 151 cm³/mol. The van der Waals surface area contributed by atoms with Crippen molar-refractivity contribution in [3.63, 3.8) is 0 Å². The van der Waals surface area contributed by atoms with Gasteiger partial charge in [-0.3, -0.25) is 0 Å². The van der Waals surface area contributed by atoms with E-state index in [9.17, 15) is 5.11 Å². The van der Waals surface area contributed by atoms with Crippen molar-refractivity contribution in [1.82, 2.24) is 4.57 Å². The lowest BCUT2D eigenvalue weighted by molar-refractivity contribution is -0.439. The second-order valence-corrected chi connectivity index (χ2v) is 10.3. The van der Waals surface area contributed by atoms with E-state index < -0.39 is 0 Å². The van der Waals surface area contributed by atoms with Gasteiger partial charge in [0.1, 0.15) is 18.1 Å². The van der Waals surface area contributed by atoms with E-state index in [1.165, 1.54) is 11.3 Å². The van der Waals surface area contributed by atoms with Gasteiger partial charge in [-0.15, -0.1) is 0 Å². The Kier molecular flexibility index (Phi) is 5.41. The number of benzene rings is 3. The van der Waals surface area contributed by atoms with E-state index in [0.717, 1.165) is 44.6 Å². The van der Waals surface area contributed by atoms with E-state index in [1.807, 2.05) is 49.5 Å². The Balaban J connectivity index is 1.40. The van der Waals surface area contributed by atoms with Crippen LogP contribution in [-0.4, -0.2) is 33.1 Å². The first kappa shape index (κ1) is 23.1. The second-order valence-electron chi connectivity index (χ2n) is 10.3. The van der Waals surface area contributed by atoms with Crippen LogP contribution >= 0.6 is 0 Å². The third kappa shape index (κ3) is 3.63. The molecule has 1 aliphatic heterocycles. The number of rotatable bonds is 6. The summed E-state index contributed by atoms with van der Waals surface area (Å²) in [6, 6.07) is 26.7. The number of hydrogen-bond donors (Lipinski definition) is 1. The highest BCUT2D eigenvalue weighted by Crippen LogP contribution is 2.48. The molecule has 0 amide bonds. The molecule has 0 fully saturated rings. The number of ether oxygens (including phenoxy) is 1. The Labute approximate surface area is 217 Å². The van der Waals surface area contributed by atoms with E-state index >= 15 is 0 Å². The number of aryl methyl sites for hydroxylation is 1. The third-order valence-electron chi connectivity index (χ3n) is 7.69. The molecular formula is C33H31N2O2+. The maximum atomic E-state index is 11.3. The fraction of sp³-hybridized carbons (Fsp3) is 0.182. The van der Waals surface area contributed by atoms with Crippen LogP contribution in [0.15, 0.2) is 115 Å². The molecule has 0 saturated heterocycles. The first-order valence-corrected chi connectivity index (χ1v) is 12.7. The van der Waals surface area contributed by atoms with Crippen molar-refractivity contribution >= 4 is 27.9 Å². The minimum Gasteiger partial charge on any atom is -0.507 e. The molecular weight excluding hydrogens is 456 g/mol. The van der Waals surface area contributed by atoms with Crippen molar-refractivity contribution in [2.24, 2.45) is 7.05 Å². The van der Waals surface area contributed by atoms with Gasteiger partial charge >= 0.3 is 0 Å². The summed E-state index contributed by atoms with van der Waals surface area (Å²) in [7, 11) is 2.03. The van der Waals surface area contributed by atoms with Crippen LogP contribution in [0.4, 0.5) is 5.69 Å². The third-order valence-corrected chi connectivity index (χ3v) is 7.69. The van der Waals surface area contributed by atoms with Gasteiger partial charge in [0, 0.05) is 58.6 Å². The van der Waals surface area contributed by atoms with Gasteiger partial charge in [-0.2, -0.15) is 4.58 Å². The average Bonchev–Trinajstić information content (AvgIpc) is 3.34. The van der Waals surface area contributed by atoms with E-state index in [1.54, 1.807) is 0 Å². The molecule has 2 heterocycles. The van der Waals surface area contributed by atoms with Gasteiger partial charge < -0.3 is 14.4 Å². The fourth-order valence-electron chi connectivity index (χ4n) is 5.73. The summed E-state index contributed by atoms with van der Waals surface area (Å²) in [6.45, 7) is 10.1. The Hall–Kier alpha value is -4.31. The highest BCUT2D eigenvalue weighted by molar-refractivity contribution is 6.10. The standard InChI is InChI=1S/C33H30N2O2/c1-22-25(32(36)31(22)26-21-34(4)28-16-10-8-14-24(26)28)20-30-33(2,3)27-15-9-11-17-29(27)35(30)18-19-37-23-12-6-5-7-13-23/h5-17,20-21H,1,18-19H2,2-4H3/p+1. The molecule has 4 nitrogen and oxygen atoms in total. The lowest BCUT2D eigenvalue weighted by Crippen LogP contribution is -2.30. The summed E-state index contributed by atoms with van der Waals surface area (Å²) in [4.78, 5) is 0. The Bertz CT molecular complexity index is 1650. The number of nitrogens with zero attached hydrogens (tertiary/aromatic N) is 2. The van der Waals surface area contributed by atoms with Crippen LogP contribution in [0.1, 0.15) is 25.0 Å². The first-order chi connectivity index (χ1) is 17.9. The number of aliphatic hydroxyl groups excluding tert-OH is 1. The molecule has 1 N–H and O–H groups in total. The molecule has 184 valence electrons. The second kappa shape index (κ2) is 8.67. The van der Waals surface area contributed by atoms with E-state index in [0.29, 0.717) is 18.9 Å². The van der Waals surface area contributed by atoms with Gasteiger partial charge in [-0.25, -0.2) is 0 Å². The zero-order valence-electron chi connectivity index (χ0n) is 21.5. The van der Waals surface area contributed by atoms with Crippen LogP contribution in [0, 0.1) is 0 Å². The van der Waals surface area contributed by atoms with Gasteiger partial charge in [0.25, 0.3) is 0 Å². The van der Waals surface area contributed by atoms with Crippen molar-refractivity contribution in [1.29, 1.82) is 0 Å². The van der Waals surface area contributed by atoms with E-state index in [-0.39, 0.29) is 5.41 Å². The molecule has 1 aliphatic carbocycles. The molecule has 3 aromatic carbocycles. The summed E-state index contributed by atoms with van der Waals surface area (Å²) in [5.74, 6) is 1.17. The highest BCUT2D eigenvalue weighted by atomic mass is 16.5. The molecule has 6 rings (SSSR count). The van der Waals surface area contributed by atoms with Crippen LogP contribution < -0.4 is 4.74 Å². The van der Waals surface area contributed by atoms with Crippen molar-refractivity contribution in [3.8, 4) is 5.75 Å². The molecule has 0 spiro atoms. The van der Waals surface area contributed by atoms with Crippen LogP contribution in [0.3, 0.4) is 0 Å². The van der Waals surface area contributed by atoms with Gasteiger partial charge in [0.2, 0.25) is 5.69 Å². The molecule has 0 unspecified atom stereocenters. The number of para-hydroxylation sites is 3. The molecule has 1 aromatic heterocycles. The molecule has 0 radical (unpaired) electrons. The van der Waals surface area contributed by atoms with Crippen molar-refractivity contribution in [2.75, 3.05) is 13.2 Å². The summed E-state index contributed by atoms with van der Waals surface area (Å²) < 4.78 is 10.5.